The van der Waals surface area contributed by atoms with E-state index in [4.69, 9.17) is 9.63 Å². The molecule has 20 heavy (non-hydrogen) atoms. The largest absolute Gasteiger partial charge is 0.478 e. The molecule has 0 saturated carbocycles. The third-order valence-electron chi connectivity index (χ3n) is 2.42. The second-order valence-electron chi connectivity index (χ2n) is 3.94. The summed E-state index contributed by atoms with van der Waals surface area (Å²) in [5, 5.41) is 12.5. The second-order valence-corrected chi connectivity index (χ2v) is 6.78. The van der Waals surface area contributed by atoms with E-state index in [2.05, 4.69) is 26.1 Å². The molecule has 9 heteroatoms. The van der Waals surface area contributed by atoms with Crippen LogP contribution < -0.4 is 0 Å². The lowest BCUT2D eigenvalue weighted by molar-refractivity contribution is 0.0695. The summed E-state index contributed by atoms with van der Waals surface area (Å²) in [6.45, 7) is 1.55. The summed E-state index contributed by atoms with van der Waals surface area (Å²) in [4.78, 5) is 14.7. The van der Waals surface area contributed by atoms with E-state index in [1.807, 2.05) is 0 Å². The van der Waals surface area contributed by atoms with Crippen LogP contribution in [-0.4, -0.2) is 29.6 Å². The molecule has 1 heterocycles. The van der Waals surface area contributed by atoms with Gasteiger partial charge in [-0.05, 0) is 34.1 Å². The molecule has 0 atom stereocenters. The van der Waals surface area contributed by atoms with E-state index in [-0.39, 0.29) is 22.2 Å². The molecule has 0 aliphatic rings. The van der Waals surface area contributed by atoms with E-state index >= 15 is 0 Å². The summed E-state index contributed by atoms with van der Waals surface area (Å²) in [7, 11) is -3.74. The number of hydrogen-bond acceptors (Lipinski definition) is 6. The lowest BCUT2D eigenvalue weighted by atomic mass is 10.2. The van der Waals surface area contributed by atoms with Crippen molar-refractivity contribution >= 4 is 31.7 Å². The molecule has 0 aliphatic carbocycles. The molecular weight excluding hydrogens is 352 g/mol. The van der Waals surface area contributed by atoms with Crippen molar-refractivity contribution in [1.82, 2.24) is 10.1 Å². The number of aromatic nitrogens is 2. The first-order valence-electron chi connectivity index (χ1n) is 5.34. The number of carbonyl (C=O) groups is 1. The minimum absolute atomic E-state index is 0.0299. The zero-order valence-corrected chi connectivity index (χ0v) is 12.6. The van der Waals surface area contributed by atoms with Gasteiger partial charge in [-0.25, -0.2) is 13.2 Å². The Balaban J connectivity index is 2.39. The number of halogens is 1. The zero-order chi connectivity index (χ0) is 14.9. The van der Waals surface area contributed by atoms with Gasteiger partial charge in [0.25, 0.3) is 0 Å². The maximum absolute atomic E-state index is 12.2. The molecule has 0 radical (unpaired) electrons. The lowest BCUT2D eigenvalue weighted by Crippen LogP contribution is -2.08. The minimum atomic E-state index is -3.74. The lowest BCUT2D eigenvalue weighted by Gasteiger charge is -2.04. The Morgan fingerprint density at radius 2 is 2.15 bits per heavy atom. The SMILES string of the molecule is Cc1nc(CS(=O)(=O)c2ccc(Br)c(C(=O)O)c2)no1. The third kappa shape index (κ3) is 3.05. The van der Waals surface area contributed by atoms with E-state index in [0.717, 1.165) is 6.07 Å². The average Bonchev–Trinajstić information content (AvgIpc) is 2.73. The molecule has 0 spiro atoms. The van der Waals surface area contributed by atoms with Gasteiger partial charge in [0, 0.05) is 11.4 Å². The van der Waals surface area contributed by atoms with Gasteiger partial charge >= 0.3 is 5.97 Å². The first kappa shape index (κ1) is 14.7. The smallest absolute Gasteiger partial charge is 0.336 e. The number of rotatable bonds is 4. The topological polar surface area (TPSA) is 110 Å². The standard InChI is InChI=1S/C11H9BrN2O5S/c1-6-13-10(14-19-6)5-20(17,18)7-2-3-9(12)8(4-7)11(15)16/h2-4H,5H2,1H3,(H,15,16). The van der Waals surface area contributed by atoms with E-state index in [1.165, 1.54) is 12.1 Å². The van der Waals surface area contributed by atoms with Crippen molar-refractivity contribution < 1.29 is 22.8 Å². The van der Waals surface area contributed by atoms with Gasteiger partial charge in [0.15, 0.2) is 15.7 Å². The fourth-order valence-corrected chi connectivity index (χ4v) is 3.13. The van der Waals surface area contributed by atoms with Crippen molar-refractivity contribution in [3.63, 3.8) is 0 Å². The van der Waals surface area contributed by atoms with Crippen molar-refractivity contribution in [2.45, 2.75) is 17.6 Å². The highest BCUT2D eigenvalue weighted by molar-refractivity contribution is 9.10. The Hall–Kier alpha value is -1.74. The Labute approximate surface area is 122 Å². The van der Waals surface area contributed by atoms with Crippen molar-refractivity contribution in [2.75, 3.05) is 0 Å². The van der Waals surface area contributed by atoms with Gasteiger partial charge in [0.2, 0.25) is 5.89 Å². The molecule has 0 saturated heterocycles. The first-order valence-corrected chi connectivity index (χ1v) is 7.79. The maximum Gasteiger partial charge on any atom is 0.336 e. The minimum Gasteiger partial charge on any atom is -0.478 e. The summed E-state index contributed by atoms with van der Waals surface area (Å²) in [5.74, 6) is -1.38. The average molecular weight is 361 g/mol. The van der Waals surface area contributed by atoms with Gasteiger partial charge in [-0.1, -0.05) is 5.16 Å². The highest BCUT2D eigenvalue weighted by atomic mass is 79.9. The van der Waals surface area contributed by atoms with Gasteiger partial charge in [0.1, 0.15) is 5.75 Å². The van der Waals surface area contributed by atoms with Crippen molar-refractivity contribution in [1.29, 1.82) is 0 Å². The molecule has 0 aliphatic heterocycles. The quantitative estimate of drug-likeness (QED) is 0.884. The van der Waals surface area contributed by atoms with Crippen LogP contribution in [0.4, 0.5) is 0 Å². The predicted molar refractivity (Wildman–Crippen MR) is 71.0 cm³/mol. The second kappa shape index (κ2) is 5.33. The summed E-state index contributed by atoms with van der Waals surface area (Å²) < 4.78 is 29.3. The predicted octanol–water partition coefficient (Wildman–Crippen LogP) is 1.81. The zero-order valence-electron chi connectivity index (χ0n) is 10.2. The number of benzene rings is 1. The Morgan fingerprint density at radius 1 is 1.45 bits per heavy atom. The van der Waals surface area contributed by atoms with Crippen molar-refractivity contribution in [3.8, 4) is 0 Å². The van der Waals surface area contributed by atoms with Gasteiger partial charge in [-0.2, -0.15) is 4.98 Å². The number of sulfone groups is 1. The molecular formula is C11H9BrN2O5S. The number of carboxylic acids is 1. The van der Waals surface area contributed by atoms with Crippen LogP contribution in [0.3, 0.4) is 0 Å². The summed E-state index contributed by atoms with van der Waals surface area (Å²) >= 11 is 3.05. The molecule has 106 valence electrons. The van der Waals surface area contributed by atoms with Crippen molar-refractivity contribution in [2.24, 2.45) is 0 Å². The molecule has 2 aromatic rings. The van der Waals surface area contributed by atoms with Gasteiger partial charge < -0.3 is 9.63 Å². The first-order chi connectivity index (χ1) is 9.29. The van der Waals surface area contributed by atoms with E-state index < -0.39 is 21.6 Å². The molecule has 1 aromatic heterocycles. The molecule has 0 unspecified atom stereocenters. The maximum atomic E-state index is 12.2. The summed E-state index contributed by atoms with van der Waals surface area (Å²) in [6.07, 6.45) is 0. The fraction of sp³-hybridized carbons (Fsp3) is 0.182. The molecule has 2 rings (SSSR count). The summed E-state index contributed by atoms with van der Waals surface area (Å²) in [5.41, 5.74) is -0.129. The van der Waals surface area contributed by atoms with Crippen LogP contribution in [0, 0.1) is 6.92 Å². The molecule has 1 aromatic carbocycles. The van der Waals surface area contributed by atoms with E-state index in [0.29, 0.717) is 4.47 Å². The van der Waals surface area contributed by atoms with Gasteiger partial charge in [-0.3, -0.25) is 0 Å². The fourth-order valence-electron chi connectivity index (χ4n) is 1.51. The van der Waals surface area contributed by atoms with Crippen LogP contribution in [0.2, 0.25) is 0 Å². The van der Waals surface area contributed by atoms with Crippen LogP contribution in [0.1, 0.15) is 22.1 Å². The monoisotopic (exact) mass is 360 g/mol. The number of carboxylic acid groups (broad SMARTS) is 1. The van der Waals surface area contributed by atoms with Gasteiger partial charge in [-0.15, -0.1) is 0 Å². The van der Waals surface area contributed by atoms with E-state index in [9.17, 15) is 13.2 Å². The van der Waals surface area contributed by atoms with Crippen LogP contribution in [0.25, 0.3) is 0 Å². The van der Waals surface area contributed by atoms with Crippen LogP contribution in [0.15, 0.2) is 32.1 Å². The normalized spacial score (nSPS) is 11.5. The molecule has 1 N–H and O–H groups in total. The Bertz CT molecular complexity index is 769. The Morgan fingerprint density at radius 3 is 2.70 bits per heavy atom. The van der Waals surface area contributed by atoms with Crippen molar-refractivity contribution in [3.05, 3.63) is 40.0 Å². The molecule has 0 bridgehead atoms. The molecule has 7 nitrogen and oxygen atoms in total. The highest BCUT2D eigenvalue weighted by Crippen LogP contribution is 2.23. The van der Waals surface area contributed by atoms with Gasteiger partial charge in [0.05, 0.1) is 10.5 Å². The number of hydrogen-bond donors (Lipinski definition) is 1. The Kier molecular flexibility index (Phi) is 3.91. The highest BCUT2D eigenvalue weighted by Gasteiger charge is 2.21. The molecule has 0 amide bonds. The third-order valence-corrected chi connectivity index (χ3v) is 4.72. The number of aryl methyl sites for hydroxylation is 1. The van der Waals surface area contributed by atoms with Crippen LogP contribution >= 0.6 is 15.9 Å². The van der Waals surface area contributed by atoms with E-state index in [1.54, 1.807) is 6.92 Å². The summed E-state index contributed by atoms with van der Waals surface area (Å²) in [6, 6.07) is 3.78. The van der Waals surface area contributed by atoms with Crippen LogP contribution in [-0.2, 0) is 15.6 Å². The number of nitrogens with zero attached hydrogens (tertiary/aromatic N) is 2. The van der Waals surface area contributed by atoms with Crippen LogP contribution in [0.5, 0.6) is 0 Å². The molecule has 0 fully saturated rings. The number of aromatic carboxylic acids is 1.